The first-order valence-electron chi connectivity index (χ1n) is 6.84. The number of hydrogen-bond donors (Lipinski definition) is 2. The number of aryl methyl sites for hydroxylation is 1. The van der Waals surface area contributed by atoms with Gasteiger partial charge in [0.2, 0.25) is 0 Å². The summed E-state index contributed by atoms with van der Waals surface area (Å²) < 4.78 is 13.3. The molecule has 21 heavy (non-hydrogen) atoms. The van der Waals surface area contributed by atoms with Gasteiger partial charge in [-0.15, -0.1) is 0 Å². The van der Waals surface area contributed by atoms with Crippen LogP contribution < -0.4 is 5.32 Å². The predicted octanol–water partition coefficient (Wildman–Crippen LogP) is 3.09. The summed E-state index contributed by atoms with van der Waals surface area (Å²) in [4.78, 5) is 11.4. The van der Waals surface area contributed by atoms with Crippen LogP contribution in [0.4, 0.5) is 4.39 Å². The zero-order valence-electron chi connectivity index (χ0n) is 11.8. The van der Waals surface area contributed by atoms with Crippen LogP contribution in [0.25, 0.3) is 0 Å². The molecule has 2 aromatic rings. The van der Waals surface area contributed by atoms with E-state index in [0.29, 0.717) is 17.7 Å². The number of carboxylic acid groups (broad SMARTS) is 1. The molecule has 0 fully saturated rings. The van der Waals surface area contributed by atoms with Crippen LogP contribution in [-0.4, -0.2) is 17.6 Å². The molecule has 1 atom stereocenters. The lowest BCUT2D eigenvalue weighted by atomic mass is 10.0. The number of halogens is 1. The molecule has 110 valence electrons. The van der Waals surface area contributed by atoms with Gasteiger partial charge in [0, 0.05) is 6.54 Å². The highest BCUT2D eigenvalue weighted by Gasteiger charge is 2.19. The Bertz CT molecular complexity index is 613. The van der Waals surface area contributed by atoms with E-state index in [1.165, 1.54) is 12.1 Å². The summed E-state index contributed by atoms with van der Waals surface area (Å²) in [6, 6.07) is 13.4. The highest BCUT2D eigenvalue weighted by atomic mass is 19.1. The summed E-state index contributed by atoms with van der Waals surface area (Å²) in [5.41, 5.74) is 2.16. The van der Waals surface area contributed by atoms with Crippen LogP contribution in [0.1, 0.15) is 22.7 Å². The molecule has 0 heterocycles. The monoisotopic (exact) mass is 287 g/mol. The summed E-state index contributed by atoms with van der Waals surface area (Å²) in [6.45, 7) is 2.17. The Morgan fingerprint density at radius 1 is 1.24 bits per heavy atom. The van der Waals surface area contributed by atoms with E-state index in [0.717, 1.165) is 12.0 Å². The molecule has 0 aliphatic carbocycles. The molecule has 0 amide bonds. The number of nitrogens with one attached hydrogen (secondary N) is 1. The number of aliphatic carboxylic acids is 1. The summed E-state index contributed by atoms with van der Waals surface area (Å²) >= 11 is 0. The van der Waals surface area contributed by atoms with Gasteiger partial charge in [-0.3, -0.25) is 4.79 Å². The fourth-order valence-electron chi connectivity index (χ4n) is 2.20. The second-order valence-corrected chi connectivity index (χ2v) is 4.97. The van der Waals surface area contributed by atoms with Crippen LogP contribution in [0.5, 0.6) is 0 Å². The topological polar surface area (TPSA) is 49.3 Å². The van der Waals surface area contributed by atoms with Crippen LogP contribution in [0, 0.1) is 12.7 Å². The Balaban J connectivity index is 2.02. The van der Waals surface area contributed by atoms with Gasteiger partial charge in [0.25, 0.3) is 0 Å². The predicted molar refractivity (Wildman–Crippen MR) is 79.7 cm³/mol. The van der Waals surface area contributed by atoms with E-state index in [4.69, 9.17) is 0 Å². The van der Waals surface area contributed by atoms with Crippen LogP contribution in [-0.2, 0) is 11.2 Å². The van der Waals surface area contributed by atoms with E-state index in [9.17, 15) is 14.3 Å². The molecule has 2 N–H and O–H groups in total. The van der Waals surface area contributed by atoms with Crippen LogP contribution >= 0.6 is 0 Å². The maximum absolute atomic E-state index is 13.3. The summed E-state index contributed by atoms with van der Waals surface area (Å²) in [5, 5.41) is 12.3. The average molecular weight is 287 g/mol. The van der Waals surface area contributed by atoms with Gasteiger partial charge < -0.3 is 10.4 Å². The van der Waals surface area contributed by atoms with Gasteiger partial charge in [-0.25, -0.2) is 4.39 Å². The largest absolute Gasteiger partial charge is 0.480 e. The van der Waals surface area contributed by atoms with Crippen molar-refractivity contribution in [2.75, 3.05) is 6.54 Å². The van der Waals surface area contributed by atoms with Gasteiger partial charge in [0.15, 0.2) is 0 Å². The lowest BCUT2D eigenvalue weighted by molar-refractivity contribution is -0.139. The lowest BCUT2D eigenvalue weighted by Gasteiger charge is -2.15. The van der Waals surface area contributed by atoms with Crippen LogP contribution in [0.15, 0.2) is 48.5 Å². The van der Waals surface area contributed by atoms with Crippen LogP contribution in [0.3, 0.4) is 0 Å². The molecule has 2 aromatic carbocycles. The quantitative estimate of drug-likeness (QED) is 0.858. The SMILES string of the molecule is Cc1cc(C(NCCc2ccccc2)C(=O)O)ccc1F. The average Bonchev–Trinajstić information content (AvgIpc) is 2.47. The molecule has 0 radical (unpaired) electrons. The Labute approximate surface area is 123 Å². The summed E-state index contributed by atoms with van der Waals surface area (Å²) in [5.74, 6) is -1.29. The number of hydrogen-bond acceptors (Lipinski definition) is 2. The molecular weight excluding hydrogens is 269 g/mol. The van der Waals surface area contributed by atoms with Gasteiger partial charge >= 0.3 is 5.97 Å². The van der Waals surface area contributed by atoms with Crippen molar-refractivity contribution in [1.82, 2.24) is 5.32 Å². The van der Waals surface area contributed by atoms with Crippen molar-refractivity contribution in [3.8, 4) is 0 Å². The molecule has 4 heteroatoms. The van der Waals surface area contributed by atoms with Crippen molar-refractivity contribution in [2.24, 2.45) is 0 Å². The Kier molecular flexibility index (Phi) is 5.06. The molecule has 0 spiro atoms. The molecule has 0 saturated heterocycles. The highest BCUT2D eigenvalue weighted by molar-refractivity contribution is 5.75. The van der Waals surface area contributed by atoms with Gasteiger partial charge in [0.1, 0.15) is 11.9 Å². The number of benzene rings is 2. The molecule has 1 unspecified atom stereocenters. The molecule has 0 saturated carbocycles. The molecule has 2 rings (SSSR count). The number of carbonyl (C=O) groups is 1. The standard InChI is InChI=1S/C17H18FNO2/c1-12-11-14(7-8-15(12)18)16(17(20)21)19-10-9-13-5-3-2-4-6-13/h2-8,11,16,19H,9-10H2,1H3,(H,20,21). The maximum atomic E-state index is 13.3. The van der Waals surface area contributed by atoms with Crippen molar-refractivity contribution in [1.29, 1.82) is 0 Å². The first-order valence-corrected chi connectivity index (χ1v) is 6.84. The minimum atomic E-state index is -0.964. The summed E-state index contributed by atoms with van der Waals surface area (Å²) in [7, 11) is 0. The van der Waals surface area contributed by atoms with Gasteiger partial charge in [-0.05, 0) is 36.1 Å². The molecule has 0 aliphatic heterocycles. The van der Waals surface area contributed by atoms with Gasteiger partial charge in [-0.1, -0.05) is 42.5 Å². The van der Waals surface area contributed by atoms with E-state index < -0.39 is 12.0 Å². The van der Waals surface area contributed by atoms with E-state index in [1.54, 1.807) is 13.0 Å². The van der Waals surface area contributed by atoms with Crippen molar-refractivity contribution in [3.63, 3.8) is 0 Å². The van der Waals surface area contributed by atoms with Crippen molar-refractivity contribution < 1.29 is 14.3 Å². The van der Waals surface area contributed by atoms with Crippen molar-refractivity contribution >= 4 is 5.97 Å². The fourth-order valence-corrected chi connectivity index (χ4v) is 2.20. The zero-order valence-corrected chi connectivity index (χ0v) is 11.8. The number of carboxylic acids is 1. The Hall–Kier alpha value is -2.20. The van der Waals surface area contributed by atoms with E-state index in [-0.39, 0.29) is 5.82 Å². The minimum Gasteiger partial charge on any atom is -0.480 e. The van der Waals surface area contributed by atoms with Crippen molar-refractivity contribution in [3.05, 3.63) is 71.0 Å². The maximum Gasteiger partial charge on any atom is 0.325 e. The molecule has 3 nitrogen and oxygen atoms in total. The van der Waals surface area contributed by atoms with E-state index in [1.807, 2.05) is 30.3 Å². The molecule has 0 aliphatic rings. The van der Waals surface area contributed by atoms with E-state index in [2.05, 4.69) is 5.32 Å². The molecule has 0 bridgehead atoms. The smallest absolute Gasteiger partial charge is 0.325 e. The fraction of sp³-hybridized carbons (Fsp3) is 0.235. The van der Waals surface area contributed by atoms with Crippen molar-refractivity contribution in [2.45, 2.75) is 19.4 Å². The Morgan fingerprint density at radius 2 is 1.95 bits per heavy atom. The third-order valence-corrected chi connectivity index (χ3v) is 3.37. The zero-order chi connectivity index (χ0) is 15.2. The molecular formula is C17H18FNO2. The summed E-state index contributed by atoms with van der Waals surface area (Å²) in [6.07, 6.45) is 0.741. The minimum absolute atomic E-state index is 0.327. The highest BCUT2D eigenvalue weighted by Crippen LogP contribution is 2.17. The molecule has 0 aromatic heterocycles. The number of rotatable bonds is 6. The third-order valence-electron chi connectivity index (χ3n) is 3.37. The Morgan fingerprint density at radius 3 is 2.57 bits per heavy atom. The first kappa shape index (κ1) is 15.2. The second-order valence-electron chi connectivity index (χ2n) is 4.97. The third kappa shape index (κ3) is 4.13. The van der Waals surface area contributed by atoms with Gasteiger partial charge in [-0.2, -0.15) is 0 Å². The first-order chi connectivity index (χ1) is 10.1. The van der Waals surface area contributed by atoms with E-state index >= 15 is 0 Å². The second kappa shape index (κ2) is 6.99. The van der Waals surface area contributed by atoms with Gasteiger partial charge in [0.05, 0.1) is 0 Å². The van der Waals surface area contributed by atoms with Crippen LogP contribution in [0.2, 0.25) is 0 Å². The lowest BCUT2D eigenvalue weighted by Crippen LogP contribution is -2.30. The normalized spacial score (nSPS) is 12.1.